The molecule has 1 unspecified atom stereocenters. The zero-order valence-corrected chi connectivity index (χ0v) is 32.5. The summed E-state index contributed by atoms with van der Waals surface area (Å²) in [5.74, 6) is -0.777. The van der Waals surface area contributed by atoms with Gasteiger partial charge in [-0.1, -0.05) is 91.8 Å². The monoisotopic (exact) mass is 760 g/mol. The van der Waals surface area contributed by atoms with E-state index in [-0.39, 0.29) is 45.1 Å². The Bertz CT molecular complexity index is 1520. The van der Waals surface area contributed by atoms with Gasteiger partial charge in [0.05, 0.1) is 36.7 Å². The summed E-state index contributed by atoms with van der Waals surface area (Å²) in [7, 11) is -1.60. The van der Waals surface area contributed by atoms with E-state index in [1.165, 1.54) is 6.07 Å². The van der Waals surface area contributed by atoms with Crippen molar-refractivity contribution in [1.82, 2.24) is 20.3 Å². The molecule has 4 N–H and O–H groups in total. The van der Waals surface area contributed by atoms with Gasteiger partial charge in [-0.25, -0.2) is 17.3 Å². The maximum absolute atomic E-state index is 13.9. The van der Waals surface area contributed by atoms with Crippen molar-refractivity contribution in [2.24, 2.45) is 11.8 Å². The van der Waals surface area contributed by atoms with E-state index in [0.717, 1.165) is 47.8 Å². The second kappa shape index (κ2) is 25.3. The average molecular weight is 761 g/mol. The zero-order chi connectivity index (χ0) is 38.6. The number of hydrogen-bond acceptors (Lipinski definition) is 6. The van der Waals surface area contributed by atoms with Crippen molar-refractivity contribution in [2.75, 3.05) is 32.8 Å². The van der Waals surface area contributed by atoms with Crippen molar-refractivity contribution < 1.29 is 32.4 Å². The molecule has 0 aliphatic heterocycles. The Hall–Kier alpha value is -3.71. The van der Waals surface area contributed by atoms with Crippen LogP contribution in [0, 0.1) is 23.5 Å². The van der Waals surface area contributed by atoms with Gasteiger partial charge >= 0.3 is 0 Å². The first-order valence-electron chi connectivity index (χ1n) is 18.1. The minimum Gasteiger partial charge on any atom is -0.494 e. The summed E-state index contributed by atoms with van der Waals surface area (Å²) in [4.78, 5) is 26.0. The minimum atomic E-state index is -1.60. The number of aliphatic hydroxyl groups is 1. The lowest BCUT2D eigenvalue weighted by Gasteiger charge is -2.30. The van der Waals surface area contributed by atoms with Crippen LogP contribution in [-0.2, 0) is 40.0 Å². The van der Waals surface area contributed by atoms with Crippen LogP contribution in [0.25, 0.3) is 0 Å². The standard InChI is InChI=1S/C36H48F2N4O5S.C4H10.CH4/c1-5-11-27-19-28(16-17-34(27)47-6-2)48(46)42(23-25(3)4)24-33(43)32(18-26-12-8-7-9-13-26)41-36(45)22-40-35(44)21-39-20-29-30(37)14-10-15-31(29)38;1-4(2)3;/h7-10,12-17,19,25,32-33,39,43H,5-6,11,18,20-24H2,1-4H3,(H,40,44)(H,41,45);4H,1-3H3;1H4/t32-,33+,48?;;/m0../s1. The molecule has 3 atom stereocenters. The predicted molar refractivity (Wildman–Crippen MR) is 211 cm³/mol. The number of benzene rings is 3. The van der Waals surface area contributed by atoms with E-state index < -0.39 is 46.6 Å². The number of aryl methyl sites for hydroxylation is 1. The third-order valence-corrected chi connectivity index (χ3v) is 8.88. The third-order valence-electron chi connectivity index (χ3n) is 7.45. The quantitative estimate of drug-likeness (QED) is 0.103. The van der Waals surface area contributed by atoms with Gasteiger partial charge in [0.25, 0.3) is 0 Å². The van der Waals surface area contributed by atoms with Gasteiger partial charge in [0.15, 0.2) is 0 Å². The third kappa shape index (κ3) is 17.8. The molecule has 3 aromatic carbocycles. The summed E-state index contributed by atoms with van der Waals surface area (Å²) in [5, 5.41) is 19.5. The maximum Gasteiger partial charge on any atom is 0.239 e. The van der Waals surface area contributed by atoms with E-state index in [0.29, 0.717) is 24.5 Å². The van der Waals surface area contributed by atoms with Gasteiger partial charge in [-0.05, 0) is 73.1 Å². The number of amides is 2. The lowest BCUT2D eigenvalue weighted by molar-refractivity contribution is -0.126. The number of carbonyl (C=O) groups excluding carboxylic acids is 2. The molecule has 12 heteroatoms. The summed E-state index contributed by atoms with van der Waals surface area (Å²) in [5.41, 5.74) is 1.67. The normalized spacial score (nSPS) is 12.7. The summed E-state index contributed by atoms with van der Waals surface area (Å²) in [6.45, 7) is 14.6. The Morgan fingerprint density at radius 1 is 0.887 bits per heavy atom. The molecule has 2 amide bonds. The highest BCUT2D eigenvalue weighted by Gasteiger charge is 2.28. The number of hydrogen-bond donors (Lipinski definition) is 4. The highest BCUT2D eigenvalue weighted by atomic mass is 32.2. The van der Waals surface area contributed by atoms with E-state index in [1.54, 1.807) is 10.4 Å². The van der Waals surface area contributed by atoms with Gasteiger partial charge in [-0.3, -0.25) is 9.59 Å². The lowest BCUT2D eigenvalue weighted by Crippen LogP contribution is -2.52. The first-order valence-corrected chi connectivity index (χ1v) is 19.2. The fourth-order valence-electron chi connectivity index (χ4n) is 5.18. The smallest absolute Gasteiger partial charge is 0.239 e. The number of halogens is 2. The summed E-state index contributed by atoms with van der Waals surface area (Å²) in [6, 6.07) is 17.7. The molecular weight excluding hydrogens is 699 g/mol. The fraction of sp³-hybridized carbons (Fsp3) is 0.512. The molecule has 0 saturated carbocycles. The Morgan fingerprint density at radius 3 is 2.11 bits per heavy atom. The molecule has 0 spiro atoms. The van der Waals surface area contributed by atoms with E-state index in [2.05, 4.69) is 43.6 Å². The molecule has 296 valence electrons. The first-order chi connectivity index (χ1) is 24.7. The predicted octanol–water partition coefficient (Wildman–Crippen LogP) is 6.59. The highest BCUT2D eigenvalue weighted by molar-refractivity contribution is 7.82. The molecule has 0 radical (unpaired) electrons. The number of rotatable bonds is 20. The molecule has 0 bridgehead atoms. The summed E-state index contributed by atoms with van der Waals surface area (Å²) >= 11 is 0. The molecule has 0 aromatic heterocycles. The Morgan fingerprint density at radius 2 is 1.53 bits per heavy atom. The van der Waals surface area contributed by atoms with Crippen molar-refractivity contribution in [1.29, 1.82) is 0 Å². The maximum atomic E-state index is 13.9. The van der Waals surface area contributed by atoms with Crippen molar-refractivity contribution >= 4 is 22.8 Å². The Kier molecular flexibility index (Phi) is 22.6. The molecule has 53 heavy (non-hydrogen) atoms. The van der Waals surface area contributed by atoms with Crippen molar-refractivity contribution in [3.05, 3.63) is 95.1 Å². The fourth-order valence-corrected chi connectivity index (χ4v) is 6.63. The van der Waals surface area contributed by atoms with Crippen LogP contribution < -0.4 is 20.7 Å². The minimum absolute atomic E-state index is 0. The Balaban J connectivity index is 0.00000267. The van der Waals surface area contributed by atoms with Gasteiger partial charge in [0.2, 0.25) is 11.8 Å². The topological polar surface area (TPSA) is 120 Å². The molecule has 0 saturated heterocycles. The van der Waals surface area contributed by atoms with Gasteiger partial charge in [0.1, 0.15) is 28.4 Å². The van der Waals surface area contributed by atoms with Crippen molar-refractivity contribution in [2.45, 2.75) is 98.7 Å². The molecular formula is C41H62F2N4O5S. The van der Waals surface area contributed by atoms with Crippen molar-refractivity contribution in [3.63, 3.8) is 0 Å². The number of ether oxygens (including phenoxy) is 1. The molecule has 0 fully saturated rings. The molecule has 3 aromatic rings. The number of nitrogens with zero attached hydrogens (tertiary/aromatic N) is 1. The average Bonchev–Trinajstić information content (AvgIpc) is 3.08. The lowest BCUT2D eigenvalue weighted by atomic mass is 10.0. The van der Waals surface area contributed by atoms with E-state index >= 15 is 0 Å². The second-order valence-corrected chi connectivity index (χ2v) is 15.2. The summed E-state index contributed by atoms with van der Waals surface area (Å²) < 4.78 is 49.1. The van der Waals surface area contributed by atoms with Gasteiger partial charge in [-0.2, -0.15) is 0 Å². The molecule has 9 nitrogen and oxygen atoms in total. The van der Waals surface area contributed by atoms with Crippen LogP contribution in [0.5, 0.6) is 5.75 Å². The zero-order valence-electron chi connectivity index (χ0n) is 31.7. The number of carbonyl (C=O) groups is 2. The first kappa shape index (κ1) is 47.3. The van der Waals surface area contributed by atoms with Crippen LogP contribution >= 0.6 is 0 Å². The number of aliphatic hydroxyl groups excluding tert-OH is 1. The van der Waals surface area contributed by atoms with Crippen LogP contribution in [0.3, 0.4) is 0 Å². The molecule has 0 heterocycles. The largest absolute Gasteiger partial charge is 0.494 e. The van der Waals surface area contributed by atoms with E-state index in [4.69, 9.17) is 4.74 Å². The molecule has 0 aliphatic carbocycles. The summed E-state index contributed by atoms with van der Waals surface area (Å²) in [6.07, 6.45) is 0.858. The van der Waals surface area contributed by atoms with Crippen molar-refractivity contribution in [3.8, 4) is 5.75 Å². The van der Waals surface area contributed by atoms with Crippen LogP contribution in [0.4, 0.5) is 8.78 Å². The molecule has 3 rings (SSSR count). The molecule has 0 aliphatic rings. The highest BCUT2D eigenvalue weighted by Crippen LogP contribution is 2.25. The van der Waals surface area contributed by atoms with Crippen LogP contribution in [0.15, 0.2) is 71.6 Å². The van der Waals surface area contributed by atoms with E-state index in [1.807, 2.05) is 63.2 Å². The second-order valence-electron chi connectivity index (χ2n) is 13.7. The Labute approximate surface area is 318 Å². The SMILES string of the molecule is C.CC(C)C.CCCc1cc(S(=O)N(CC(C)C)C[C@@H](O)[C@H](Cc2ccccc2)NC(=O)CNC(=O)CNCc2c(F)cccc2F)ccc1OCC. The number of nitrogens with one attached hydrogen (secondary N) is 3. The van der Waals surface area contributed by atoms with Crippen LogP contribution in [0.1, 0.15) is 79.0 Å². The van der Waals surface area contributed by atoms with Gasteiger partial charge in [0, 0.05) is 25.2 Å². The van der Waals surface area contributed by atoms with Crippen LogP contribution in [0.2, 0.25) is 0 Å². The van der Waals surface area contributed by atoms with E-state index in [9.17, 15) is 27.7 Å². The van der Waals surface area contributed by atoms with Gasteiger partial charge in [-0.15, -0.1) is 0 Å². The van der Waals surface area contributed by atoms with Gasteiger partial charge < -0.3 is 25.8 Å². The van der Waals surface area contributed by atoms with Crippen LogP contribution in [-0.4, -0.2) is 70.4 Å².